The molecule has 1 aliphatic rings. The highest BCUT2D eigenvalue weighted by atomic mass is 32.2. The van der Waals surface area contributed by atoms with Crippen molar-refractivity contribution in [3.8, 4) is 0 Å². The fourth-order valence-corrected chi connectivity index (χ4v) is 4.26. The molecule has 140 valence electrons. The van der Waals surface area contributed by atoms with Crippen LogP contribution >= 0.6 is 0 Å². The minimum absolute atomic E-state index is 0.0470. The minimum atomic E-state index is -3.42. The molecule has 2 rings (SSSR count). The van der Waals surface area contributed by atoms with Gasteiger partial charge in [-0.2, -0.15) is 0 Å². The van der Waals surface area contributed by atoms with Gasteiger partial charge in [0.1, 0.15) is 0 Å². The van der Waals surface area contributed by atoms with E-state index >= 15 is 0 Å². The van der Waals surface area contributed by atoms with Gasteiger partial charge in [-0.15, -0.1) is 0 Å². The van der Waals surface area contributed by atoms with E-state index in [1.807, 2.05) is 11.8 Å². The van der Waals surface area contributed by atoms with E-state index in [0.29, 0.717) is 36.7 Å². The molecule has 0 aromatic heterocycles. The monoisotopic (exact) mass is 367 g/mol. The average Bonchev–Trinajstić information content (AvgIpc) is 2.60. The number of likely N-dealkylation sites (tertiary alicyclic amines) is 1. The Morgan fingerprint density at radius 1 is 1.20 bits per heavy atom. The van der Waals surface area contributed by atoms with Gasteiger partial charge in [-0.05, 0) is 50.4 Å². The summed E-state index contributed by atoms with van der Waals surface area (Å²) in [4.78, 5) is 14.7. The summed E-state index contributed by atoms with van der Waals surface area (Å²) in [5.74, 6) is 0.546. The van der Waals surface area contributed by atoms with Gasteiger partial charge in [0.25, 0.3) is 5.91 Å². The first kappa shape index (κ1) is 19.7. The van der Waals surface area contributed by atoms with Crippen LogP contribution in [0.2, 0.25) is 0 Å². The normalized spacial score (nSPS) is 16.0. The van der Waals surface area contributed by atoms with Gasteiger partial charge in [0, 0.05) is 13.1 Å². The van der Waals surface area contributed by atoms with Gasteiger partial charge in [-0.3, -0.25) is 9.52 Å². The van der Waals surface area contributed by atoms with Crippen LogP contribution in [0.25, 0.3) is 0 Å². The summed E-state index contributed by atoms with van der Waals surface area (Å²) in [6.45, 7) is 7.29. The topological polar surface area (TPSA) is 78.5 Å². The van der Waals surface area contributed by atoms with E-state index < -0.39 is 10.0 Å². The quantitative estimate of drug-likeness (QED) is 0.739. The van der Waals surface area contributed by atoms with Gasteiger partial charge < -0.3 is 10.2 Å². The first-order chi connectivity index (χ1) is 12.0. The Hall–Kier alpha value is -1.60. The molecule has 1 amide bonds. The predicted molar refractivity (Wildman–Crippen MR) is 101 cm³/mol. The molecule has 1 heterocycles. The molecule has 0 spiro atoms. The lowest BCUT2D eigenvalue weighted by molar-refractivity contribution is 0.0691. The van der Waals surface area contributed by atoms with Gasteiger partial charge in [0.05, 0.1) is 17.0 Å². The van der Waals surface area contributed by atoms with Crippen LogP contribution in [-0.4, -0.2) is 51.2 Å². The van der Waals surface area contributed by atoms with E-state index in [1.54, 1.807) is 24.3 Å². The first-order valence-corrected chi connectivity index (χ1v) is 10.7. The number of hydrogen-bond acceptors (Lipinski definition) is 4. The number of para-hydroxylation sites is 1. The molecule has 1 saturated heterocycles. The summed E-state index contributed by atoms with van der Waals surface area (Å²) >= 11 is 0. The van der Waals surface area contributed by atoms with Crippen LogP contribution in [0.1, 0.15) is 43.5 Å². The number of carbonyl (C=O) groups is 1. The number of nitrogens with one attached hydrogen (secondary N) is 2. The molecule has 1 aromatic carbocycles. The molecule has 6 nitrogen and oxygen atoms in total. The van der Waals surface area contributed by atoms with Crippen molar-refractivity contribution in [1.29, 1.82) is 0 Å². The third-order valence-electron chi connectivity index (χ3n) is 4.48. The molecule has 0 saturated carbocycles. The number of rotatable bonds is 8. The van der Waals surface area contributed by atoms with Crippen molar-refractivity contribution in [3.05, 3.63) is 29.8 Å². The van der Waals surface area contributed by atoms with E-state index in [0.717, 1.165) is 25.9 Å². The summed E-state index contributed by atoms with van der Waals surface area (Å²) in [5.41, 5.74) is 0.794. The van der Waals surface area contributed by atoms with Crippen LogP contribution in [0.4, 0.5) is 5.69 Å². The maximum Gasteiger partial charge on any atom is 0.255 e. The third-order valence-corrected chi connectivity index (χ3v) is 5.96. The largest absolute Gasteiger partial charge is 0.339 e. The van der Waals surface area contributed by atoms with Crippen molar-refractivity contribution in [2.45, 2.75) is 33.1 Å². The number of amides is 1. The van der Waals surface area contributed by atoms with Crippen molar-refractivity contribution in [2.24, 2.45) is 5.92 Å². The molecule has 25 heavy (non-hydrogen) atoms. The summed E-state index contributed by atoms with van der Waals surface area (Å²) in [5, 5.41) is 3.36. The van der Waals surface area contributed by atoms with Gasteiger partial charge in [-0.1, -0.05) is 26.0 Å². The molecule has 1 aromatic rings. The van der Waals surface area contributed by atoms with E-state index in [2.05, 4.69) is 17.0 Å². The highest BCUT2D eigenvalue weighted by Gasteiger charge is 2.25. The number of benzene rings is 1. The zero-order chi connectivity index (χ0) is 18.3. The Kier molecular flexibility index (Phi) is 7.25. The molecule has 0 bridgehead atoms. The van der Waals surface area contributed by atoms with Gasteiger partial charge in [0.15, 0.2) is 0 Å². The Morgan fingerprint density at radius 2 is 1.88 bits per heavy atom. The summed E-state index contributed by atoms with van der Waals surface area (Å²) in [7, 11) is -3.42. The van der Waals surface area contributed by atoms with Crippen molar-refractivity contribution < 1.29 is 13.2 Å². The third kappa shape index (κ3) is 5.71. The van der Waals surface area contributed by atoms with E-state index in [9.17, 15) is 13.2 Å². The maximum atomic E-state index is 12.9. The number of nitrogens with zero attached hydrogens (tertiary/aromatic N) is 1. The van der Waals surface area contributed by atoms with Crippen molar-refractivity contribution in [2.75, 3.05) is 36.7 Å². The van der Waals surface area contributed by atoms with Crippen molar-refractivity contribution in [3.63, 3.8) is 0 Å². The fourth-order valence-electron chi connectivity index (χ4n) is 3.10. The fraction of sp³-hybridized carbons (Fsp3) is 0.611. The highest BCUT2D eigenvalue weighted by molar-refractivity contribution is 7.92. The number of sulfonamides is 1. The smallest absolute Gasteiger partial charge is 0.255 e. The standard InChI is InChI=1S/C18H29N3O3S/c1-3-13-25(23,24)20-17-8-6-5-7-16(17)18(22)21-11-9-15(10-12-21)14-19-4-2/h5-8,15,19-20H,3-4,9-14H2,1-2H3. The Balaban J connectivity index is 2.05. The van der Waals surface area contributed by atoms with Crippen LogP contribution in [0, 0.1) is 5.92 Å². The van der Waals surface area contributed by atoms with Crippen LogP contribution in [0.15, 0.2) is 24.3 Å². The van der Waals surface area contributed by atoms with Crippen molar-refractivity contribution in [1.82, 2.24) is 10.2 Å². The SMILES string of the molecule is CCCS(=O)(=O)Nc1ccccc1C(=O)N1CCC(CNCC)CC1. The lowest BCUT2D eigenvalue weighted by Gasteiger charge is -2.32. The zero-order valence-electron chi connectivity index (χ0n) is 15.1. The number of anilines is 1. The van der Waals surface area contributed by atoms with E-state index in [-0.39, 0.29) is 11.7 Å². The van der Waals surface area contributed by atoms with Crippen LogP contribution < -0.4 is 10.0 Å². The second-order valence-electron chi connectivity index (χ2n) is 6.51. The molecule has 0 unspecified atom stereocenters. The Labute approximate surface area is 151 Å². The Morgan fingerprint density at radius 3 is 2.52 bits per heavy atom. The van der Waals surface area contributed by atoms with Crippen LogP contribution in [0.5, 0.6) is 0 Å². The zero-order valence-corrected chi connectivity index (χ0v) is 15.9. The summed E-state index contributed by atoms with van der Waals surface area (Å²) in [6.07, 6.45) is 2.48. The molecule has 0 atom stereocenters. The van der Waals surface area contributed by atoms with Gasteiger partial charge >= 0.3 is 0 Å². The predicted octanol–water partition coefficient (Wildman–Crippen LogP) is 2.30. The van der Waals surface area contributed by atoms with Crippen LogP contribution in [0.3, 0.4) is 0 Å². The van der Waals surface area contributed by atoms with Crippen LogP contribution in [-0.2, 0) is 10.0 Å². The second-order valence-corrected chi connectivity index (χ2v) is 8.35. The molecule has 2 N–H and O–H groups in total. The molecule has 0 radical (unpaired) electrons. The average molecular weight is 368 g/mol. The lowest BCUT2D eigenvalue weighted by Crippen LogP contribution is -2.41. The second kappa shape index (κ2) is 9.20. The van der Waals surface area contributed by atoms with E-state index in [4.69, 9.17) is 0 Å². The molecule has 0 aliphatic carbocycles. The number of hydrogen-bond donors (Lipinski definition) is 2. The number of piperidine rings is 1. The summed E-state index contributed by atoms with van der Waals surface area (Å²) in [6, 6.07) is 6.85. The molecule has 7 heteroatoms. The van der Waals surface area contributed by atoms with Crippen molar-refractivity contribution >= 4 is 21.6 Å². The molecule has 1 aliphatic heterocycles. The van der Waals surface area contributed by atoms with E-state index in [1.165, 1.54) is 0 Å². The molecular weight excluding hydrogens is 338 g/mol. The minimum Gasteiger partial charge on any atom is -0.339 e. The summed E-state index contributed by atoms with van der Waals surface area (Å²) < 4.78 is 26.7. The molecular formula is C18H29N3O3S. The highest BCUT2D eigenvalue weighted by Crippen LogP contribution is 2.23. The maximum absolute atomic E-state index is 12.9. The lowest BCUT2D eigenvalue weighted by atomic mass is 9.96. The van der Waals surface area contributed by atoms with Gasteiger partial charge in [0.2, 0.25) is 10.0 Å². The van der Waals surface area contributed by atoms with Gasteiger partial charge in [-0.25, -0.2) is 8.42 Å². The first-order valence-electron chi connectivity index (χ1n) is 9.06. The Bertz CT molecular complexity index is 668. The number of carbonyl (C=O) groups excluding carboxylic acids is 1. The molecule has 1 fully saturated rings.